The van der Waals surface area contributed by atoms with Crippen LogP contribution >= 0.6 is 11.8 Å². The van der Waals surface area contributed by atoms with E-state index in [0.717, 1.165) is 10.6 Å². The van der Waals surface area contributed by atoms with Gasteiger partial charge in [-0.15, -0.1) is 11.8 Å². The van der Waals surface area contributed by atoms with Crippen molar-refractivity contribution >= 4 is 35.2 Å². The summed E-state index contributed by atoms with van der Waals surface area (Å²) >= 11 is 1.41. The van der Waals surface area contributed by atoms with E-state index in [2.05, 4.69) is 5.32 Å². The molecule has 1 aromatic carbocycles. The minimum atomic E-state index is -0.435. The molecule has 0 aromatic heterocycles. The molecule has 0 spiro atoms. The molecule has 0 unspecified atom stereocenters. The zero-order valence-corrected chi connectivity index (χ0v) is 12.8. The number of primary amides is 1. The van der Waals surface area contributed by atoms with E-state index in [0.29, 0.717) is 19.5 Å². The zero-order chi connectivity index (χ0) is 15.7. The van der Waals surface area contributed by atoms with E-state index in [9.17, 15) is 14.4 Å². The maximum Gasteiger partial charge on any atom is 0.238 e. The number of amides is 3. The first-order valence-corrected chi connectivity index (χ1v) is 8.06. The Morgan fingerprint density at radius 2 is 2.14 bits per heavy atom. The lowest BCUT2D eigenvalue weighted by Gasteiger charge is -2.25. The van der Waals surface area contributed by atoms with E-state index in [1.807, 2.05) is 24.3 Å². The van der Waals surface area contributed by atoms with Crippen LogP contribution in [-0.2, 0) is 14.4 Å². The van der Waals surface area contributed by atoms with E-state index in [1.165, 1.54) is 11.8 Å². The average molecular weight is 319 g/mol. The third-order valence-corrected chi connectivity index (χ3v) is 5.29. The van der Waals surface area contributed by atoms with Crippen molar-refractivity contribution in [2.45, 2.75) is 23.0 Å². The second-order valence-corrected chi connectivity index (χ2v) is 6.77. The van der Waals surface area contributed by atoms with Crippen molar-refractivity contribution in [2.24, 2.45) is 11.7 Å². The fraction of sp³-hybridized carbons (Fsp3) is 0.400. The molecule has 7 heteroatoms. The molecule has 3 N–H and O–H groups in total. The van der Waals surface area contributed by atoms with E-state index >= 15 is 0 Å². The maximum atomic E-state index is 12.3. The summed E-state index contributed by atoms with van der Waals surface area (Å²) in [6, 6.07) is 7.53. The van der Waals surface area contributed by atoms with E-state index in [4.69, 9.17) is 5.73 Å². The van der Waals surface area contributed by atoms with Crippen LogP contribution in [0.3, 0.4) is 0 Å². The van der Waals surface area contributed by atoms with Crippen LogP contribution in [-0.4, -0.2) is 41.0 Å². The standard InChI is InChI=1S/C15H17N3O3S/c16-14(20)9-5-6-18(8-9)13(19)7-12-15(21)17-10-3-1-2-4-11(10)22-12/h1-4,9,12H,5-8H2,(H2,16,20)(H,17,21)/t9-,12-/m1/s1. The molecule has 0 saturated carbocycles. The Labute approximate surface area is 132 Å². The van der Waals surface area contributed by atoms with Crippen LogP contribution in [0.5, 0.6) is 0 Å². The van der Waals surface area contributed by atoms with E-state index in [1.54, 1.807) is 4.90 Å². The molecule has 0 aliphatic carbocycles. The Balaban J connectivity index is 1.63. The number of anilines is 1. The molecule has 1 saturated heterocycles. The van der Waals surface area contributed by atoms with Crippen LogP contribution in [0.15, 0.2) is 29.2 Å². The van der Waals surface area contributed by atoms with Gasteiger partial charge in [0, 0.05) is 24.4 Å². The Morgan fingerprint density at radius 3 is 2.86 bits per heavy atom. The number of nitrogens with two attached hydrogens (primary N) is 1. The molecule has 0 bridgehead atoms. The van der Waals surface area contributed by atoms with Crippen molar-refractivity contribution in [1.82, 2.24) is 4.90 Å². The number of rotatable bonds is 3. The van der Waals surface area contributed by atoms with Crippen molar-refractivity contribution < 1.29 is 14.4 Å². The van der Waals surface area contributed by atoms with Gasteiger partial charge in [0.1, 0.15) is 0 Å². The molecule has 6 nitrogen and oxygen atoms in total. The Hall–Kier alpha value is -2.02. The SMILES string of the molecule is NC(=O)[C@@H]1CCN(C(=O)C[C@H]2Sc3ccccc3NC2=O)C1. The Morgan fingerprint density at radius 1 is 1.36 bits per heavy atom. The van der Waals surface area contributed by atoms with Gasteiger partial charge in [-0.25, -0.2) is 0 Å². The number of benzene rings is 1. The highest BCUT2D eigenvalue weighted by atomic mass is 32.2. The highest BCUT2D eigenvalue weighted by Crippen LogP contribution is 2.37. The van der Waals surface area contributed by atoms with Crippen LogP contribution in [0.25, 0.3) is 0 Å². The number of fused-ring (bicyclic) bond motifs is 1. The van der Waals surface area contributed by atoms with Gasteiger partial charge >= 0.3 is 0 Å². The number of thioether (sulfide) groups is 1. The van der Waals surface area contributed by atoms with Gasteiger partial charge in [0.2, 0.25) is 17.7 Å². The second-order valence-electron chi connectivity index (χ2n) is 5.52. The molecule has 3 rings (SSSR count). The summed E-state index contributed by atoms with van der Waals surface area (Å²) < 4.78 is 0. The quantitative estimate of drug-likeness (QED) is 0.863. The van der Waals surface area contributed by atoms with Crippen LogP contribution in [0.1, 0.15) is 12.8 Å². The molecule has 1 aromatic rings. The highest BCUT2D eigenvalue weighted by Gasteiger charge is 2.34. The molecular weight excluding hydrogens is 302 g/mol. The van der Waals surface area contributed by atoms with Crippen molar-refractivity contribution in [1.29, 1.82) is 0 Å². The lowest BCUT2D eigenvalue weighted by Crippen LogP contribution is -2.37. The molecule has 116 valence electrons. The van der Waals surface area contributed by atoms with Gasteiger partial charge in [-0.2, -0.15) is 0 Å². The number of nitrogens with zero attached hydrogens (tertiary/aromatic N) is 1. The Bertz CT molecular complexity index is 634. The number of carbonyl (C=O) groups is 3. The summed E-state index contributed by atoms with van der Waals surface area (Å²) in [5, 5.41) is 2.39. The number of para-hydroxylation sites is 1. The smallest absolute Gasteiger partial charge is 0.238 e. The van der Waals surface area contributed by atoms with Crippen LogP contribution in [0.4, 0.5) is 5.69 Å². The summed E-state index contributed by atoms with van der Waals surface area (Å²) in [5.74, 6) is -0.884. The summed E-state index contributed by atoms with van der Waals surface area (Å²) in [4.78, 5) is 38.2. The first kappa shape index (κ1) is 14.9. The van der Waals surface area contributed by atoms with Crippen LogP contribution in [0, 0.1) is 5.92 Å². The normalized spacial score (nSPS) is 23.8. The number of hydrogen-bond donors (Lipinski definition) is 2. The minimum Gasteiger partial charge on any atom is -0.369 e. The molecule has 22 heavy (non-hydrogen) atoms. The Kier molecular flexibility index (Phi) is 4.06. The molecule has 0 radical (unpaired) electrons. The zero-order valence-electron chi connectivity index (χ0n) is 12.0. The lowest BCUT2D eigenvalue weighted by molar-refractivity contribution is -0.132. The van der Waals surface area contributed by atoms with Gasteiger partial charge in [0.05, 0.1) is 16.9 Å². The minimum absolute atomic E-state index is 0.101. The highest BCUT2D eigenvalue weighted by molar-refractivity contribution is 8.01. The molecule has 2 aliphatic heterocycles. The van der Waals surface area contributed by atoms with Gasteiger partial charge in [0.15, 0.2) is 0 Å². The van der Waals surface area contributed by atoms with Gasteiger partial charge in [-0.1, -0.05) is 12.1 Å². The van der Waals surface area contributed by atoms with Crippen LogP contribution < -0.4 is 11.1 Å². The number of likely N-dealkylation sites (tertiary alicyclic amines) is 1. The van der Waals surface area contributed by atoms with E-state index < -0.39 is 5.25 Å². The second kappa shape index (κ2) is 6.00. The number of hydrogen-bond acceptors (Lipinski definition) is 4. The van der Waals surface area contributed by atoms with Crippen molar-refractivity contribution in [3.05, 3.63) is 24.3 Å². The molecule has 2 atom stereocenters. The van der Waals surface area contributed by atoms with Crippen molar-refractivity contribution in [2.75, 3.05) is 18.4 Å². The fourth-order valence-corrected chi connectivity index (χ4v) is 3.84. The molecule has 2 heterocycles. The summed E-state index contributed by atoms with van der Waals surface area (Å²) in [7, 11) is 0. The van der Waals surface area contributed by atoms with Gasteiger partial charge in [-0.05, 0) is 18.6 Å². The van der Waals surface area contributed by atoms with Crippen molar-refractivity contribution in [3.63, 3.8) is 0 Å². The summed E-state index contributed by atoms with van der Waals surface area (Å²) in [6.45, 7) is 0.895. The molecular formula is C15H17N3O3S. The van der Waals surface area contributed by atoms with Gasteiger partial charge < -0.3 is 16.0 Å². The molecule has 2 aliphatic rings. The largest absolute Gasteiger partial charge is 0.369 e. The third kappa shape index (κ3) is 2.94. The third-order valence-electron chi connectivity index (χ3n) is 4.01. The van der Waals surface area contributed by atoms with Gasteiger partial charge in [-0.3, -0.25) is 14.4 Å². The monoisotopic (exact) mass is 319 g/mol. The van der Waals surface area contributed by atoms with E-state index in [-0.39, 0.29) is 30.1 Å². The number of nitrogens with one attached hydrogen (secondary N) is 1. The topological polar surface area (TPSA) is 92.5 Å². The molecule has 3 amide bonds. The van der Waals surface area contributed by atoms with Gasteiger partial charge in [0.25, 0.3) is 0 Å². The average Bonchev–Trinajstić information content (AvgIpc) is 2.98. The first-order valence-electron chi connectivity index (χ1n) is 7.18. The maximum absolute atomic E-state index is 12.3. The fourth-order valence-electron chi connectivity index (χ4n) is 2.73. The summed E-state index contributed by atoms with van der Waals surface area (Å²) in [6.07, 6.45) is 0.740. The number of carbonyl (C=O) groups excluding carboxylic acids is 3. The predicted octanol–water partition coefficient (Wildman–Crippen LogP) is 0.823. The summed E-state index contributed by atoms with van der Waals surface area (Å²) in [5.41, 5.74) is 6.06. The molecule has 1 fully saturated rings. The predicted molar refractivity (Wildman–Crippen MR) is 83.2 cm³/mol. The lowest BCUT2D eigenvalue weighted by atomic mass is 10.1. The van der Waals surface area contributed by atoms with Crippen molar-refractivity contribution in [3.8, 4) is 0 Å². The first-order chi connectivity index (χ1) is 10.5. The van der Waals surface area contributed by atoms with Crippen LogP contribution in [0.2, 0.25) is 0 Å².